The summed E-state index contributed by atoms with van der Waals surface area (Å²) >= 11 is 0. The summed E-state index contributed by atoms with van der Waals surface area (Å²) < 4.78 is 6.38. The Bertz CT molecular complexity index is 612. The largest absolute Gasteiger partial charge is 0.495 e. The molecule has 0 bridgehead atoms. The summed E-state index contributed by atoms with van der Waals surface area (Å²) in [7, 11) is 1.46. The Morgan fingerprint density at radius 2 is 2.24 bits per heavy atom. The van der Waals surface area contributed by atoms with Crippen molar-refractivity contribution in [2.45, 2.75) is 0 Å². The highest BCUT2D eigenvalue weighted by Gasteiger charge is 2.11. The SMILES string of the molecule is COc1ccc(C(=O)O)cc1-n1cc[nH]c1=O. The van der Waals surface area contributed by atoms with E-state index < -0.39 is 5.97 Å². The molecular weight excluding hydrogens is 224 g/mol. The van der Waals surface area contributed by atoms with E-state index in [0.717, 1.165) is 0 Å². The van der Waals surface area contributed by atoms with Crippen LogP contribution in [-0.2, 0) is 0 Å². The molecule has 0 saturated heterocycles. The van der Waals surface area contributed by atoms with Crippen molar-refractivity contribution in [1.29, 1.82) is 0 Å². The topological polar surface area (TPSA) is 84.3 Å². The highest BCUT2D eigenvalue weighted by atomic mass is 16.5. The molecule has 0 saturated carbocycles. The summed E-state index contributed by atoms with van der Waals surface area (Å²) in [5.41, 5.74) is 0.124. The number of benzene rings is 1. The minimum absolute atomic E-state index is 0.0916. The Morgan fingerprint density at radius 1 is 1.47 bits per heavy atom. The van der Waals surface area contributed by atoms with Crippen molar-refractivity contribution in [3.63, 3.8) is 0 Å². The van der Waals surface area contributed by atoms with Crippen LogP contribution < -0.4 is 10.4 Å². The van der Waals surface area contributed by atoms with E-state index in [1.807, 2.05) is 0 Å². The van der Waals surface area contributed by atoms with Crippen LogP contribution in [0.5, 0.6) is 5.75 Å². The molecule has 0 fully saturated rings. The zero-order valence-corrected chi connectivity index (χ0v) is 9.01. The number of hydrogen-bond donors (Lipinski definition) is 2. The molecule has 1 heterocycles. The quantitative estimate of drug-likeness (QED) is 0.825. The van der Waals surface area contributed by atoms with E-state index in [2.05, 4.69) is 4.98 Å². The lowest BCUT2D eigenvalue weighted by Crippen LogP contribution is -2.15. The van der Waals surface area contributed by atoms with Crippen molar-refractivity contribution in [3.05, 3.63) is 46.6 Å². The van der Waals surface area contributed by atoms with Crippen LogP contribution in [0.2, 0.25) is 0 Å². The van der Waals surface area contributed by atoms with E-state index in [1.165, 1.54) is 42.3 Å². The summed E-state index contributed by atoms with van der Waals surface area (Å²) in [6, 6.07) is 4.32. The second-order valence-electron chi connectivity index (χ2n) is 3.33. The molecule has 1 aromatic heterocycles. The first-order valence-corrected chi connectivity index (χ1v) is 4.81. The Balaban J connectivity index is 2.66. The molecule has 0 aliphatic heterocycles. The van der Waals surface area contributed by atoms with Gasteiger partial charge in [-0.15, -0.1) is 0 Å². The molecule has 0 aliphatic rings. The average Bonchev–Trinajstić information content (AvgIpc) is 2.74. The van der Waals surface area contributed by atoms with E-state index in [-0.39, 0.29) is 11.3 Å². The molecule has 2 rings (SSSR count). The fourth-order valence-corrected chi connectivity index (χ4v) is 1.52. The van der Waals surface area contributed by atoms with Gasteiger partial charge in [-0.1, -0.05) is 0 Å². The van der Waals surface area contributed by atoms with Gasteiger partial charge in [0, 0.05) is 12.4 Å². The predicted octanol–water partition coefficient (Wildman–Crippen LogP) is 0.872. The van der Waals surface area contributed by atoms with Gasteiger partial charge < -0.3 is 14.8 Å². The second-order valence-corrected chi connectivity index (χ2v) is 3.33. The molecule has 0 spiro atoms. The van der Waals surface area contributed by atoms with Crippen LogP contribution in [0.15, 0.2) is 35.4 Å². The van der Waals surface area contributed by atoms with E-state index in [1.54, 1.807) is 0 Å². The molecule has 0 unspecified atom stereocenters. The van der Waals surface area contributed by atoms with Gasteiger partial charge in [0.1, 0.15) is 5.75 Å². The third-order valence-electron chi connectivity index (χ3n) is 2.33. The van der Waals surface area contributed by atoms with Crippen LogP contribution in [0.4, 0.5) is 0 Å². The van der Waals surface area contributed by atoms with Gasteiger partial charge in [-0.3, -0.25) is 4.57 Å². The summed E-state index contributed by atoms with van der Waals surface area (Å²) in [6.45, 7) is 0. The molecule has 0 amide bonds. The van der Waals surface area contributed by atoms with Crippen LogP contribution in [0, 0.1) is 0 Å². The van der Waals surface area contributed by atoms with Crippen LogP contribution in [0.3, 0.4) is 0 Å². The molecule has 2 N–H and O–H groups in total. The number of nitrogens with one attached hydrogen (secondary N) is 1. The molecule has 2 aromatic rings. The van der Waals surface area contributed by atoms with Crippen LogP contribution in [0.1, 0.15) is 10.4 Å². The number of hydrogen-bond acceptors (Lipinski definition) is 3. The van der Waals surface area contributed by atoms with Crippen LogP contribution in [0.25, 0.3) is 5.69 Å². The number of H-pyrrole nitrogens is 1. The lowest BCUT2D eigenvalue weighted by Gasteiger charge is -2.09. The molecule has 0 atom stereocenters. The van der Waals surface area contributed by atoms with Crippen molar-refractivity contribution >= 4 is 5.97 Å². The maximum absolute atomic E-state index is 11.5. The summed E-state index contributed by atoms with van der Waals surface area (Å²) in [5.74, 6) is -0.630. The molecule has 0 aliphatic carbocycles. The smallest absolute Gasteiger partial charge is 0.335 e. The monoisotopic (exact) mass is 234 g/mol. The normalized spacial score (nSPS) is 10.2. The molecule has 1 aromatic carbocycles. The fraction of sp³-hybridized carbons (Fsp3) is 0.0909. The number of aromatic amines is 1. The number of carboxylic acid groups (broad SMARTS) is 1. The van der Waals surface area contributed by atoms with Gasteiger partial charge in [0.25, 0.3) is 0 Å². The number of nitrogens with zero attached hydrogens (tertiary/aromatic N) is 1. The third kappa shape index (κ3) is 1.92. The van der Waals surface area contributed by atoms with Gasteiger partial charge in [0.05, 0.1) is 18.4 Å². The lowest BCUT2D eigenvalue weighted by atomic mass is 10.2. The maximum atomic E-state index is 11.5. The molecule has 88 valence electrons. The third-order valence-corrected chi connectivity index (χ3v) is 2.33. The Kier molecular flexibility index (Phi) is 2.70. The number of aromatic nitrogens is 2. The lowest BCUT2D eigenvalue weighted by molar-refractivity contribution is 0.0697. The Morgan fingerprint density at radius 3 is 2.76 bits per heavy atom. The number of imidazole rings is 1. The van der Waals surface area contributed by atoms with Gasteiger partial charge in [-0.2, -0.15) is 0 Å². The number of ether oxygens (including phenoxy) is 1. The van der Waals surface area contributed by atoms with Crippen molar-refractivity contribution in [1.82, 2.24) is 9.55 Å². The molecule has 17 heavy (non-hydrogen) atoms. The highest BCUT2D eigenvalue weighted by molar-refractivity contribution is 5.88. The fourth-order valence-electron chi connectivity index (χ4n) is 1.52. The van der Waals surface area contributed by atoms with Crippen LogP contribution in [-0.4, -0.2) is 27.7 Å². The van der Waals surface area contributed by atoms with Gasteiger partial charge in [0.15, 0.2) is 0 Å². The van der Waals surface area contributed by atoms with Crippen molar-refractivity contribution in [2.24, 2.45) is 0 Å². The standard InChI is InChI=1S/C11H10N2O4/c1-17-9-3-2-7(10(14)15)6-8(9)13-5-4-12-11(13)16/h2-6H,1H3,(H,12,16)(H,14,15). The average molecular weight is 234 g/mol. The minimum Gasteiger partial charge on any atom is -0.495 e. The van der Waals surface area contributed by atoms with Gasteiger partial charge in [-0.25, -0.2) is 9.59 Å². The molecule has 6 heteroatoms. The molecule has 0 radical (unpaired) electrons. The van der Waals surface area contributed by atoms with Crippen molar-refractivity contribution in [2.75, 3.05) is 7.11 Å². The zero-order valence-electron chi connectivity index (χ0n) is 9.01. The van der Waals surface area contributed by atoms with E-state index in [0.29, 0.717) is 11.4 Å². The minimum atomic E-state index is -1.06. The van der Waals surface area contributed by atoms with Gasteiger partial charge in [0.2, 0.25) is 0 Å². The van der Waals surface area contributed by atoms with Crippen molar-refractivity contribution < 1.29 is 14.6 Å². The Hall–Kier alpha value is -2.50. The first kappa shape index (κ1) is 11.0. The van der Waals surface area contributed by atoms with E-state index in [9.17, 15) is 9.59 Å². The van der Waals surface area contributed by atoms with Gasteiger partial charge >= 0.3 is 11.7 Å². The van der Waals surface area contributed by atoms with Crippen LogP contribution >= 0.6 is 0 Å². The zero-order chi connectivity index (χ0) is 12.4. The number of methoxy groups -OCH3 is 1. The summed E-state index contributed by atoms with van der Waals surface area (Å²) in [5, 5.41) is 8.90. The van der Waals surface area contributed by atoms with E-state index >= 15 is 0 Å². The van der Waals surface area contributed by atoms with Crippen molar-refractivity contribution in [3.8, 4) is 11.4 Å². The number of carboxylic acids is 1. The number of aromatic carboxylic acids is 1. The maximum Gasteiger partial charge on any atom is 0.335 e. The molecular formula is C11H10N2O4. The number of rotatable bonds is 3. The second kappa shape index (κ2) is 4.17. The molecule has 6 nitrogen and oxygen atoms in total. The summed E-state index contributed by atoms with van der Waals surface area (Å²) in [4.78, 5) is 24.8. The Labute approximate surface area is 96.1 Å². The van der Waals surface area contributed by atoms with Gasteiger partial charge in [-0.05, 0) is 18.2 Å². The first-order chi connectivity index (χ1) is 8.13. The van der Waals surface area contributed by atoms with E-state index in [4.69, 9.17) is 9.84 Å². The number of carbonyl (C=O) groups is 1. The predicted molar refractivity (Wildman–Crippen MR) is 59.9 cm³/mol. The highest BCUT2D eigenvalue weighted by Crippen LogP contribution is 2.22. The summed E-state index contributed by atoms with van der Waals surface area (Å²) in [6.07, 6.45) is 2.97. The first-order valence-electron chi connectivity index (χ1n) is 4.81.